The van der Waals surface area contributed by atoms with E-state index in [1.807, 2.05) is 4.90 Å². The van der Waals surface area contributed by atoms with Gasteiger partial charge in [-0.25, -0.2) is 8.42 Å². The molecular weight excluding hydrogens is 491 g/mol. The maximum Gasteiger partial charge on any atom is 0.292 e. The second kappa shape index (κ2) is 10.0. The molecule has 2 aromatic rings. The van der Waals surface area contributed by atoms with Crippen LogP contribution in [0.4, 0.5) is 17.1 Å². The van der Waals surface area contributed by atoms with Crippen LogP contribution in [0, 0.1) is 10.1 Å². The molecule has 2 aliphatic heterocycles. The van der Waals surface area contributed by atoms with Crippen LogP contribution in [0.2, 0.25) is 10.0 Å². The van der Waals surface area contributed by atoms with Crippen molar-refractivity contribution in [2.45, 2.75) is 23.8 Å². The second-order valence-electron chi connectivity index (χ2n) is 7.94. The summed E-state index contributed by atoms with van der Waals surface area (Å²) in [5, 5.41) is 15.1. The third-order valence-electron chi connectivity index (χ3n) is 5.85. The number of hydrogen-bond acceptors (Lipinski definition) is 7. The van der Waals surface area contributed by atoms with E-state index in [9.17, 15) is 18.5 Å². The normalized spacial score (nSPS) is 19.6. The van der Waals surface area contributed by atoms with Gasteiger partial charge in [-0.1, -0.05) is 23.2 Å². The van der Waals surface area contributed by atoms with Gasteiger partial charge >= 0.3 is 0 Å². The summed E-state index contributed by atoms with van der Waals surface area (Å²) in [4.78, 5) is 13.2. The summed E-state index contributed by atoms with van der Waals surface area (Å²) in [6.45, 7) is 2.66. The number of nitro groups is 1. The van der Waals surface area contributed by atoms with Crippen LogP contribution in [0.15, 0.2) is 41.3 Å². The number of nitrogens with zero attached hydrogens (tertiary/aromatic N) is 3. The molecule has 0 aromatic heterocycles. The third-order valence-corrected chi connectivity index (χ3v) is 8.49. The van der Waals surface area contributed by atoms with E-state index in [-0.39, 0.29) is 34.8 Å². The fourth-order valence-electron chi connectivity index (χ4n) is 4.02. The third kappa shape index (κ3) is 5.36. The maximum absolute atomic E-state index is 13.0. The van der Waals surface area contributed by atoms with Crippen molar-refractivity contribution in [3.8, 4) is 0 Å². The van der Waals surface area contributed by atoms with E-state index in [2.05, 4.69) is 5.32 Å². The number of anilines is 2. The van der Waals surface area contributed by atoms with Gasteiger partial charge in [0, 0.05) is 51.1 Å². The van der Waals surface area contributed by atoms with Crippen molar-refractivity contribution in [1.29, 1.82) is 0 Å². The quantitative estimate of drug-likeness (QED) is 0.439. The molecule has 2 aromatic carbocycles. The number of halogens is 2. The first-order valence-corrected chi connectivity index (χ1v) is 12.8. The molecule has 2 heterocycles. The molecule has 2 aliphatic rings. The van der Waals surface area contributed by atoms with Crippen LogP contribution < -0.4 is 10.2 Å². The van der Waals surface area contributed by atoms with Crippen molar-refractivity contribution in [3.05, 3.63) is 56.6 Å². The molecule has 33 heavy (non-hydrogen) atoms. The van der Waals surface area contributed by atoms with E-state index in [0.29, 0.717) is 37.0 Å². The van der Waals surface area contributed by atoms with E-state index in [1.165, 1.54) is 28.6 Å². The number of ether oxygens (including phenoxy) is 1. The highest BCUT2D eigenvalue weighted by Gasteiger charge is 2.29. The van der Waals surface area contributed by atoms with Gasteiger partial charge in [0.2, 0.25) is 10.0 Å². The smallest absolute Gasteiger partial charge is 0.292 e. The van der Waals surface area contributed by atoms with Gasteiger partial charge in [-0.3, -0.25) is 10.1 Å². The number of benzene rings is 2. The summed E-state index contributed by atoms with van der Waals surface area (Å²) in [7, 11) is -3.70. The van der Waals surface area contributed by atoms with Gasteiger partial charge in [0.25, 0.3) is 5.69 Å². The molecule has 0 aliphatic carbocycles. The van der Waals surface area contributed by atoms with Crippen molar-refractivity contribution in [2.24, 2.45) is 0 Å². The van der Waals surface area contributed by atoms with E-state index >= 15 is 0 Å². The molecule has 0 spiro atoms. The lowest BCUT2D eigenvalue weighted by atomic mass is 10.2. The van der Waals surface area contributed by atoms with Gasteiger partial charge in [0.1, 0.15) is 5.69 Å². The Morgan fingerprint density at radius 2 is 1.85 bits per heavy atom. The molecule has 4 rings (SSSR count). The highest BCUT2D eigenvalue weighted by atomic mass is 35.5. The molecule has 178 valence electrons. The fourth-order valence-corrected chi connectivity index (χ4v) is 5.84. The molecule has 1 N–H and O–H groups in total. The molecule has 9 nitrogen and oxygen atoms in total. The molecule has 0 amide bonds. The minimum Gasteiger partial charge on any atom is -0.377 e. The Morgan fingerprint density at radius 1 is 1.09 bits per heavy atom. The largest absolute Gasteiger partial charge is 0.377 e. The van der Waals surface area contributed by atoms with Crippen molar-refractivity contribution < 1.29 is 18.1 Å². The summed E-state index contributed by atoms with van der Waals surface area (Å²) in [6, 6.07) is 9.18. The fraction of sp³-hybridized carbons (Fsp3) is 0.429. The lowest BCUT2D eigenvalue weighted by Crippen LogP contribution is -2.48. The zero-order chi connectivity index (χ0) is 23.6. The number of hydrogen-bond donors (Lipinski definition) is 1. The summed E-state index contributed by atoms with van der Waals surface area (Å²) >= 11 is 11.9. The van der Waals surface area contributed by atoms with Crippen LogP contribution >= 0.6 is 23.2 Å². The maximum atomic E-state index is 13.0. The van der Waals surface area contributed by atoms with E-state index < -0.39 is 14.9 Å². The first kappa shape index (κ1) is 24.0. The van der Waals surface area contributed by atoms with Crippen molar-refractivity contribution in [3.63, 3.8) is 0 Å². The van der Waals surface area contributed by atoms with Gasteiger partial charge in [-0.15, -0.1) is 0 Å². The summed E-state index contributed by atoms with van der Waals surface area (Å²) in [6.07, 6.45) is 1.96. The molecule has 12 heteroatoms. The molecule has 2 fully saturated rings. The standard InChI is InChI=1S/C21H24Cl2N4O5S/c22-18-5-4-17(13-19(18)23)33(30,31)26-9-7-25(8-10-26)15-3-6-21(27(28)29)20(12-15)24-14-16-2-1-11-32-16/h3-6,12-13,16,24H,1-2,7-11,14H2/t16-/m1/s1. The topological polar surface area (TPSA) is 105 Å². The minimum atomic E-state index is -3.70. The van der Waals surface area contributed by atoms with Crippen molar-refractivity contribution >= 4 is 50.3 Å². The second-order valence-corrected chi connectivity index (χ2v) is 10.7. The zero-order valence-electron chi connectivity index (χ0n) is 17.7. The van der Waals surface area contributed by atoms with Crippen LogP contribution in [0.25, 0.3) is 0 Å². The van der Waals surface area contributed by atoms with E-state index in [4.69, 9.17) is 27.9 Å². The first-order valence-electron chi connectivity index (χ1n) is 10.6. The number of nitro benzene ring substituents is 1. The van der Waals surface area contributed by atoms with E-state index in [0.717, 1.165) is 18.5 Å². The Hall–Kier alpha value is -2.11. The zero-order valence-corrected chi connectivity index (χ0v) is 20.1. The van der Waals surface area contributed by atoms with Gasteiger partial charge in [0.05, 0.1) is 26.0 Å². The summed E-state index contributed by atoms with van der Waals surface area (Å²) < 4.78 is 33.0. The van der Waals surface area contributed by atoms with Crippen LogP contribution in [-0.2, 0) is 14.8 Å². The first-order chi connectivity index (χ1) is 15.8. The molecule has 0 bridgehead atoms. The lowest BCUT2D eigenvalue weighted by Gasteiger charge is -2.35. The molecular formula is C21H24Cl2N4O5S. The summed E-state index contributed by atoms with van der Waals surface area (Å²) in [5.41, 5.74) is 1.22. The highest BCUT2D eigenvalue weighted by Crippen LogP contribution is 2.32. The Balaban J connectivity index is 1.45. The molecule has 0 saturated carbocycles. The Bertz CT molecular complexity index is 1130. The van der Waals surface area contributed by atoms with Gasteiger partial charge < -0.3 is 15.0 Å². The lowest BCUT2D eigenvalue weighted by molar-refractivity contribution is -0.383. The predicted molar refractivity (Wildman–Crippen MR) is 128 cm³/mol. The van der Waals surface area contributed by atoms with E-state index in [1.54, 1.807) is 12.1 Å². The van der Waals surface area contributed by atoms with Crippen molar-refractivity contribution in [1.82, 2.24) is 4.31 Å². The highest BCUT2D eigenvalue weighted by molar-refractivity contribution is 7.89. The number of piperazine rings is 1. The average molecular weight is 515 g/mol. The predicted octanol–water partition coefficient (Wildman–Crippen LogP) is 4.00. The molecule has 0 radical (unpaired) electrons. The van der Waals surface area contributed by atoms with Gasteiger partial charge in [-0.05, 0) is 43.2 Å². The van der Waals surface area contributed by atoms with Gasteiger partial charge in [0.15, 0.2) is 0 Å². The minimum absolute atomic E-state index is 0.00224. The number of nitrogens with one attached hydrogen (secondary N) is 1. The van der Waals surface area contributed by atoms with Crippen LogP contribution in [0.3, 0.4) is 0 Å². The molecule has 2 saturated heterocycles. The van der Waals surface area contributed by atoms with Crippen LogP contribution in [0.1, 0.15) is 12.8 Å². The monoisotopic (exact) mass is 514 g/mol. The summed E-state index contributed by atoms with van der Waals surface area (Å²) in [5.74, 6) is 0. The molecule has 0 unspecified atom stereocenters. The Kier molecular flexibility index (Phi) is 7.30. The Labute approximate surface area is 202 Å². The number of rotatable bonds is 7. The number of sulfonamides is 1. The van der Waals surface area contributed by atoms with Crippen LogP contribution in [0.5, 0.6) is 0 Å². The van der Waals surface area contributed by atoms with Crippen LogP contribution in [-0.4, -0.2) is 63.1 Å². The van der Waals surface area contributed by atoms with Gasteiger partial charge in [-0.2, -0.15) is 4.31 Å². The molecule has 1 atom stereocenters. The average Bonchev–Trinajstić information content (AvgIpc) is 3.33. The SMILES string of the molecule is O=[N+]([O-])c1ccc(N2CCN(S(=O)(=O)c3ccc(Cl)c(Cl)c3)CC2)cc1NC[C@H]1CCCO1. The Morgan fingerprint density at radius 3 is 2.48 bits per heavy atom. The van der Waals surface area contributed by atoms with Crippen molar-refractivity contribution in [2.75, 3.05) is 49.5 Å².